The number of rotatable bonds is 5. The van der Waals surface area contributed by atoms with E-state index in [1.54, 1.807) is 11.3 Å². The predicted octanol–water partition coefficient (Wildman–Crippen LogP) is 1.69. The summed E-state index contributed by atoms with van der Waals surface area (Å²) in [5.41, 5.74) is 7.96. The second kappa shape index (κ2) is 5.09. The number of thiophene rings is 1. The van der Waals surface area contributed by atoms with Gasteiger partial charge in [0.2, 0.25) is 0 Å². The van der Waals surface area contributed by atoms with Crippen molar-refractivity contribution in [1.29, 1.82) is 0 Å². The Bertz CT molecular complexity index is 392. The Balaban J connectivity index is 1.88. The van der Waals surface area contributed by atoms with E-state index >= 15 is 0 Å². The Kier molecular flexibility index (Phi) is 3.53. The molecule has 0 saturated heterocycles. The normalized spacial score (nSPS) is 10.7. The molecule has 0 unspecified atom stereocenters. The van der Waals surface area contributed by atoms with E-state index in [1.165, 1.54) is 5.56 Å². The summed E-state index contributed by atoms with van der Waals surface area (Å²) in [5.74, 6) is 0. The zero-order valence-electron chi connectivity index (χ0n) is 8.60. The number of aryl methyl sites for hydroxylation is 2. The first kappa shape index (κ1) is 10.4. The fraction of sp³-hybridized carbons (Fsp3) is 0.364. The van der Waals surface area contributed by atoms with Gasteiger partial charge in [-0.15, -0.1) is 0 Å². The first-order chi connectivity index (χ1) is 7.38. The Hall–Kier alpha value is -1.13. The van der Waals surface area contributed by atoms with Gasteiger partial charge in [0, 0.05) is 19.2 Å². The molecule has 0 spiro atoms. The predicted molar refractivity (Wildman–Crippen MR) is 63.0 cm³/mol. The van der Waals surface area contributed by atoms with Gasteiger partial charge in [-0.25, -0.2) is 4.98 Å². The highest BCUT2D eigenvalue weighted by Gasteiger charge is 1.98. The van der Waals surface area contributed by atoms with Crippen molar-refractivity contribution < 1.29 is 0 Å². The Morgan fingerprint density at radius 2 is 2.33 bits per heavy atom. The van der Waals surface area contributed by atoms with Crippen LogP contribution >= 0.6 is 11.3 Å². The molecule has 0 amide bonds. The van der Waals surface area contributed by atoms with Crippen LogP contribution in [0.25, 0.3) is 0 Å². The lowest BCUT2D eigenvalue weighted by Gasteiger charge is -1.99. The van der Waals surface area contributed by atoms with Crippen molar-refractivity contribution in [2.75, 3.05) is 6.54 Å². The highest BCUT2D eigenvalue weighted by molar-refractivity contribution is 7.07. The van der Waals surface area contributed by atoms with Crippen LogP contribution in [-0.4, -0.2) is 16.1 Å². The van der Waals surface area contributed by atoms with E-state index in [1.807, 2.05) is 6.33 Å². The zero-order chi connectivity index (χ0) is 10.5. The number of aromatic nitrogens is 2. The van der Waals surface area contributed by atoms with Crippen molar-refractivity contribution in [2.24, 2.45) is 5.73 Å². The van der Waals surface area contributed by atoms with Gasteiger partial charge in [-0.1, -0.05) is 0 Å². The van der Waals surface area contributed by atoms with Gasteiger partial charge in [-0.3, -0.25) is 0 Å². The molecule has 0 aliphatic rings. The molecule has 80 valence electrons. The number of hydrogen-bond donors (Lipinski definition) is 1. The van der Waals surface area contributed by atoms with Crippen LogP contribution in [-0.2, 0) is 19.4 Å². The van der Waals surface area contributed by atoms with Crippen LogP contribution in [0.15, 0.2) is 29.4 Å². The molecule has 2 aromatic rings. The number of nitrogens with two attached hydrogens (primary N) is 1. The van der Waals surface area contributed by atoms with E-state index in [4.69, 9.17) is 5.73 Å². The van der Waals surface area contributed by atoms with Crippen LogP contribution < -0.4 is 5.73 Å². The summed E-state index contributed by atoms with van der Waals surface area (Å²) in [6.07, 6.45) is 5.91. The quantitative estimate of drug-likeness (QED) is 0.835. The fourth-order valence-corrected chi connectivity index (χ4v) is 2.20. The van der Waals surface area contributed by atoms with Crippen molar-refractivity contribution in [3.05, 3.63) is 40.6 Å². The number of nitrogens with zero attached hydrogens (tertiary/aromatic N) is 2. The van der Waals surface area contributed by atoms with Crippen molar-refractivity contribution in [2.45, 2.75) is 19.4 Å². The summed E-state index contributed by atoms with van der Waals surface area (Å²) in [7, 11) is 0. The van der Waals surface area contributed by atoms with Gasteiger partial charge in [0.1, 0.15) is 0 Å². The highest BCUT2D eigenvalue weighted by atomic mass is 32.1. The highest BCUT2D eigenvalue weighted by Crippen LogP contribution is 2.08. The van der Waals surface area contributed by atoms with Crippen LogP contribution in [0.2, 0.25) is 0 Å². The lowest BCUT2D eigenvalue weighted by molar-refractivity contribution is 0.696. The first-order valence-corrected chi connectivity index (χ1v) is 6.04. The molecule has 15 heavy (non-hydrogen) atoms. The molecular formula is C11H15N3S. The van der Waals surface area contributed by atoms with Crippen molar-refractivity contribution in [3.8, 4) is 0 Å². The molecule has 0 radical (unpaired) electrons. The summed E-state index contributed by atoms with van der Waals surface area (Å²) in [4.78, 5) is 4.29. The van der Waals surface area contributed by atoms with Crippen LogP contribution in [0.5, 0.6) is 0 Å². The second-order valence-electron chi connectivity index (χ2n) is 3.52. The van der Waals surface area contributed by atoms with Gasteiger partial charge in [0.05, 0.1) is 12.0 Å². The molecule has 4 heteroatoms. The molecule has 0 aliphatic carbocycles. The fourth-order valence-electron chi connectivity index (χ4n) is 1.50. The Morgan fingerprint density at radius 1 is 1.40 bits per heavy atom. The van der Waals surface area contributed by atoms with Crippen LogP contribution in [0.4, 0.5) is 0 Å². The van der Waals surface area contributed by atoms with Gasteiger partial charge in [0.15, 0.2) is 0 Å². The van der Waals surface area contributed by atoms with E-state index in [-0.39, 0.29) is 0 Å². The molecular weight excluding hydrogens is 206 g/mol. The standard InChI is InChI=1S/C11H15N3S/c12-4-1-11-7-14(9-13-11)5-2-10-3-6-15-8-10/h3,6-9H,1-2,4-5,12H2. The van der Waals surface area contributed by atoms with Crippen LogP contribution in [0.1, 0.15) is 11.3 Å². The van der Waals surface area contributed by atoms with Crippen LogP contribution in [0.3, 0.4) is 0 Å². The maximum Gasteiger partial charge on any atom is 0.0949 e. The van der Waals surface area contributed by atoms with E-state index in [2.05, 4.69) is 32.6 Å². The third kappa shape index (κ3) is 2.91. The minimum Gasteiger partial charge on any atom is -0.337 e. The van der Waals surface area contributed by atoms with Crippen LogP contribution in [0, 0.1) is 0 Å². The SMILES string of the molecule is NCCc1cn(CCc2ccsc2)cn1. The van der Waals surface area contributed by atoms with Gasteiger partial charge >= 0.3 is 0 Å². The molecule has 2 N–H and O–H groups in total. The monoisotopic (exact) mass is 221 g/mol. The molecule has 0 fully saturated rings. The summed E-state index contributed by atoms with van der Waals surface area (Å²) < 4.78 is 2.13. The van der Waals surface area contributed by atoms with Crippen molar-refractivity contribution in [1.82, 2.24) is 9.55 Å². The summed E-state index contributed by atoms with van der Waals surface area (Å²) in [6.45, 7) is 1.66. The number of hydrogen-bond acceptors (Lipinski definition) is 3. The minimum absolute atomic E-state index is 0.668. The molecule has 2 heterocycles. The molecule has 0 bridgehead atoms. The average molecular weight is 221 g/mol. The summed E-state index contributed by atoms with van der Waals surface area (Å²) in [6, 6.07) is 2.17. The Morgan fingerprint density at radius 3 is 3.07 bits per heavy atom. The van der Waals surface area contributed by atoms with E-state index in [0.717, 1.165) is 25.1 Å². The second-order valence-corrected chi connectivity index (χ2v) is 4.30. The first-order valence-electron chi connectivity index (χ1n) is 5.10. The van der Waals surface area contributed by atoms with E-state index < -0.39 is 0 Å². The molecule has 0 saturated carbocycles. The Labute approximate surface area is 93.6 Å². The maximum atomic E-state index is 5.47. The molecule has 0 aromatic carbocycles. The molecule has 2 rings (SSSR count). The van der Waals surface area contributed by atoms with Gasteiger partial charge in [-0.05, 0) is 35.4 Å². The van der Waals surface area contributed by atoms with Gasteiger partial charge in [-0.2, -0.15) is 11.3 Å². The molecule has 2 aromatic heterocycles. The largest absolute Gasteiger partial charge is 0.337 e. The lowest BCUT2D eigenvalue weighted by atomic mass is 10.2. The summed E-state index contributed by atoms with van der Waals surface area (Å²) >= 11 is 1.75. The molecule has 3 nitrogen and oxygen atoms in total. The van der Waals surface area contributed by atoms with Crippen molar-refractivity contribution in [3.63, 3.8) is 0 Å². The van der Waals surface area contributed by atoms with Crippen molar-refractivity contribution >= 4 is 11.3 Å². The third-order valence-corrected chi connectivity index (χ3v) is 3.06. The maximum absolute atomic E-state index is 5.47. The molecule has 0 atom stereocenters. The third-order valence-electron chi connectivity index (χ3n) is 2.33. The number of imidazole rings is 1. The minimum atomic E-state index is 0.668. The lowest BCUT2D eigenvalue weighted by Crippen LogP contribution is -2.03. The van der Waals surface area contributed by atoms with Gasteiger partial charge < -0.3 is 10.3 Å². The van der Waals surface area contributed by atoms with E-state index in [9.17, 15) is 0 Å². The molecule has 0 aliphatic heterocycles. The van der Waals surface area contributed by atoms with E-state index in [0.29, 0.717) is 6.54 Å². The topological polar surface area (TPSA) is 43.8 Å². The zero-order valence-corrected chi connectivity index (χ0v) is 9.41. The smallest absolute Gasteiger partial charge is 0.0949 e. The average Bonchev–Trinajstić information content (AvgIpc) is 2.85. The van der Waals surface area contributed by atoms with Gasteiger partial charge in [0.25, 0.3) is 0 Å². The summed E-state index contributed by atoms with van der Waals surface area (Å²) in [5, 5.41) is 4.31.